The third-order valence-corrected chi connectivity index (χ3v) is 4.04. The topological polar surface area (TPSA) is 159 Å². The van der Waals surface area contributed by atoms with Gasteiger partial charge in [0.15, 0.2) is 0 Å². The van der Waals surface area contributed by atoms with E-state index >= 15 is 0 Å². The van der Waals surface area contributed by atoms with E-state index in [0.29, 0.717) is 11.3 Å². The number of aliphatic hydroxyl groups is 1. The lowest BCUT2D eigenvalue weighted by atomic mass is 10.0. The number of carbonyl (C=O) groups is 3. The van der Waals surface area contributed by atoms with Crippen LogP contribution in [0.15, 0.2) is 42.9 Å². The van der Waals surface area contributed by atoms with E-state index in [0.717, 1.165) is 0 Å². The van der Waals surface area contributed by atoms with Crippen LogP contribution in [0, 0.1) is 0 Å². The minimum atomic E-state index is -2.12. The summed E-state index contributed by atoms with van der Waals surface area (Å²) in [5.41, 5.74) is 4.39. The molecule has 0 radical (unpaired) electrons. The first-order valence-electron chi connectivity index (χ1n) is 8.50. The SMILES string of the molecule is COC(=O)[C@H](Cc1c[nH]cn1)NC(=O)CNC(O)(Cc1ccccc1)C(N)=O. The van der Waals surface area contributed by atoms with Crippen molar-refractivity contribution in [2.24, 2.45) is 5.73 Å². The summed E-state index contributed by atoms with van der Waals surface area (Å²) in [6, 6.07) is 7.75. The highest BCUT2D eigenvalue weighted by Gasteiger charge is 2.34. The molecule has 0 saturated carbocycles. The van der Waals surface area contributed by atoms with E-state index in [4.69, 9.17) is 5.73 Å². The van der Waals surface area contributed by atoms with Gasteiger partial charge < -0.3 is 25.9 Å². The molecule has 0 aliphatic carbocycles. The molecule has 0 aliphatic rings. The maximum Gasteiger partial charge on any atom is 0.328 e. The van der Waals surface area contributed by atoms with Gasteiger partial charge in [-0.05, 0) is 5.56 Å². The Morgan fingerprint density at radius 3 is 2.61 bits per heavy atom. The highest BCUT2D eigenvalue weighted by molar-refractivity contribution is 5.87. The average Bonchev–Trinajstić information content (AvgIpc) is 3.19. The number of esters is 1. The van der Waals surface area contributed by atoms with Gasteiger partial charge in [0, 0.05) is 19.0 Å². The van der Waals surface area contributed by atoms with E-state index in [1.807, 2.05) is 0 Å². The number of nitrogens with zero attached hydrogens (tertiary/aromatic N) is 1. The lowest BCUT2D eigenvalue weighted by Crippen LogP contribution is -2.59. The fourth-order valence-corrected chi connectivity index (χ4v) is 2.55. The molecule has 10 nitrogen and oxygen atoms in total. The summed E-state index contributed by atoms with van der Waals surface area (Å²) in [5.74, 6) is -2.30. The lowest BCUT2D eigenvalue weighted by molar-refractivity contribution is -0.146. The number of hydrogen-bond acceptors (Lipinski definition) is 7. The van der Waals surface area contributed by atoms with Crippen molar-refractivity contribution in [2.45, 2.75) is 24.6 Å². The van der Waals surface area contributed by atoms with Crippen LogP contribution in [-0.4, -0.2) is 58.3 Å². The number of ether oxygens (including phenoxy) is 1. The molecular formula is C18H23N5O5. The molecule has 1 heterocycles. The molecule has 0 spiro atoms. The molecule has 0 saturated heterocycles. The Bertz CT molecular complexity index is 796. The van der Waals surface area contributed by atoms with Gasteiger partial charge in [-0.1, -0.05) is 30.3 Å². The molecule has 1 unspecified atom stereocenters. The van der Waals surface area contributed by atoms with Gasteiger partial charge in [-0.25, -0.2) is 9.78 Å². The smallest absolute Gasteiger partial charge is 0.328 e. The van der Waals surface area contributed by atoms with Crippen molar-refractivity contribution in [1.29, 1.82) is 0 Å². The number of hydrogen-bond donors (Lipinski definition) is 5. The van der Waals surface area contributed by atoms with E-state index in [2.05, 4.69) is 25.3 Å². The number of methoxy groups -OCH3 is 1. The number of carbonyl (C=O) groups excluding carboxylic acids is 3. The summed E-state index contributed by atoms with van der Waals surface area (Å²) in [6.45, 7) is -0.444. The summed E-state index contributed by atoms with van der Waals surface area (Å²) < 4.78 is 4.69. The van der Waals surface area contributed by atoms with Crippen molar-refractivity contribution in [3.8, 4) is 0 Å². The number of aromatic amines is 1. The van der Waals surface area contributed by atoms with Crippen LogP contribution in [0.2, 0.25) is 0 Å². The zero-order valence-corrected chi connectivity index (χ0v) is 15.3. The minimum Gasteiger partial charge on any atom is -0.467 e. The van der Waals surface area contributed by atoms with Gasteiger partial charge in [0.25, 0.3) is 5.91 Å². The number of benzene rings is 1. The average molecular weight is 389 g/mol. The predicted octanol–water partition coefficient (Wildman–Crippen LogP) is -1.38. The predicted molar refractivity (Wildman–Crippen MR) is 98.5 cm³/mol. The Morgan fingerprint density at radius 2 is 2.04 bits per heavy atom. The molecule has 2 rings (SSSR count). The third-order valence-electron chi connectivity index (χ3n) is 4.04. The van der Waals surface area contributed by atoms with Crippen molar-refractivity contribution in [3.05, 3.63) is 54.1 Å². The second kappa shape index (κ2) is 9.62. The van der Waals surface area contributed by atoms with Crippen LogP contribution < -0.4 is 16.4 Å². The van der Waals surface area contributed by atoms with Crippen LogP contribution in [0.1, 0.15) is 11.3 Å². The molecule has 2 atom stereocenters. The normalized spacial score (nSPS) is 13.9. The molecule has 0 fully saturated rings. The zero-order valence-electron chi connectivity index (χ0n) is 15.3. The fraction of sp³-hybridized carbons (Fsp3) is 0.333. The van der Waals surface area contributed by atoms with Gasteiger partial charge in [-0.3, -0.25) is 14.9 Å². The number of nitrogens with two attached hydrogens (primary N) is 1. The first-order chi connectivity index (χ1) is 13.3. The van der Waals surface area contributed by atoms with E-state index in [1.165, 1.54) is 13.4 Å². The molecule has 2 amide bonds. The Kier molecular flexibility index (Phi) is 7.24. The standard InChI is InChI=1S/C18H23N5O5/c1-28-16(25)14(7-13-9-20-11-21-13)23-15(24)10-22-18(27,17(19)26)8-12-5-3-2-4-6-12/h2-6,9,11,14,22,27H,7-8,10H2,1H3,(H2,19,26)(H,20,21)(H,23,24)/t14-,18?/m0/s1. The first-order valence-corrected chi connectivity index (χ1v) is 8.50. The molecule has 6 N–H and O–H groups in total. The summed E-state index contributed by atoms with van der Waals surface area (Å²) in [6.07, 6.45) is 3.03. The number of rotatable bonds is 10. The van der Waals surface area contributed by atoms with Crippen molar-refractivity contribution >= 4 is 17.8 Å². The zero-order chi connectivity index (χ0) is 20.6. The lowest BCUT2D eigenvalue weighted by Gasteiger charge is -2.26. The van der Waals surface area contributed by atoms with Crippen LogP contribution >= 0.6 is 0 Å². The quantitative estimate of drug-likeness (QED) is 0.247. The van der Waals surface area contributed by atoms with Crippen LogP contribution in [-0.2, 0) is 32.0 Å². The minimum absolute atomic E-state index is 0.117. The van der Waals surface area contributed by atoms with Gasteiger partial charge in [0.1, 0.15) is 6.04 Å². The van der Waals surface area contributed by atoms with Gasteiger partial charge in [0.05, 0.1) is 25.7 Å². The molecular weight excluding hydrogens is 366 g/mol. The van der Waals surface area contributed by atoms with Crippen molar-refractivity contribution < 1.29 is 24.2 Å². The Hall–Kier alpha value is -3.24. The maximum absolute atomic E-state index is 12.3. The van der Waals surface area contributed by atoms with Gasteiger partial charge in [-0.15, -0.1) is 0 Å². The van der Waals surface area contributed by atoms with Gasteiger partial charge in [0.2, 0.25) is 11.6 Å². The number of H-pyrrole nitrogens is 1. The largest absolute Gasteiger partial charge is 0.467 e. The Balaban J connectivity index is 1.98. The van der Waals surface area contributed by atoms with Crippen molar-refractivity contribution in [2.75, 3.05) is 13.7 Å². The maximum atomic E-state index is 12.3. The number of nitrogens with one attached hydrogen (secondary N) is 3. The van der Waals surface area contributed by atoms with Crippen LogP contribution in [0.4, 0.5) is 0 Å². The van der Waals surface area contributed by atoms with E-state index in [9.17, 15) is 19.5 Å². The molecule has 150 valence electrons. The van der Waals surface area contributed by atoms with Crippen molar-refractivity contribution in [3.63, 3.8) is 0 Å². The summed E-state index contributed by atoms with van der Waals surface area (Å²) in [4.78, 5) is 42.6. The molecule has 1 aromatic carbocycles. The highest BCUT2D eigenvalue weighted by Crippen LogP contribution is 2.10. The molecule has 28 heavy (non-hydrogen) atoms. The van der Waals surface area contributed by atoms with E-state index in [-0.39, 0.29) is 12.8 Å². The molecule has 0 aliphatic heterocycles. The third kappa shape index (κ3) is 5.89. The monoisotopic (exact) mass is 389 g/mol. The number of primary amides is 1. The number of imidazole rings is 1. The first kappa shape index (κ1) is 21.1. The highest BCUT2D eigenvalue weighted by atomic mass is 16.5. The summed E-state index contributed by atoms with van der Waals surface area (Å²) >= 11 is 0. The molecule has 2 aromatic rings. The molecule has 1 aromatic heterocycles. The second-order valence-corrected chi connectivity index (χ2v) is 6.15. The van der Waals surface area contributed by atoms with Crippen molar-refractivity contribution in [1.82, 2.24) is 20.6 Å². The van der Waals surface area contributed by atoms with Crippen LogP contribution in [0.25, 0.3) is 0 Å². The summed E-state index contributed by atoms with van der Waals surface area (Å²) in [7, 11) is 1.20. The molecule has 0 bridgehead atoms. The Morgan fingerprint density at radius 1 is 1.32 bits per heavy atom. The number of amides is 2. The van der Waals surface area contributed by atoms with Crippen LogP contribution in [0.3, 0.4) is 0 Å². The van der Waals surface area contributed by atoms with Gasteiger partial charge in [-0.2, -0.15) is 0 Å². The Labute approximate surface area is 161 Å². The fourth-order valence-electron chi connectivity index (χ4n) is 2.55. The van der Waals surface area contributed by atoms with E-state index in [1.54, 1.807) is 36.5 Å². The van der Waals surface area contributed by atoms with Gasteiger partial charge >= 0.3 is 5.97 Å². The second-order valence-electron chi connectivity index (χ2n) is 6.15. The summed E-state index contributed by atoms with van der Waals surface area (Å²) in [5, 5.41) is 15.5. The molecule has 10 heteroatoms. The number of aromatic nitrogens is 2. The van der Waals surface area contributed by atoms with Crippen LogP contribution in [0.5, 0.6) is 0 Å². The van der Waals surface area contributed by atoms with E-state index < -0.39 is 36.1 Å².